The van der Waals surface area contributed by atoms with Gasteiger partial charge >= 0.3 is 0 Å². The lowest BCUT2D eigenvalue weighted by atomic mass is 10.1. The SMILES string of the molecule is CN(CCc1ccncc1)C(=O)c1ccc(Br)cc1. The predicted molar refractivity (Wildman–Crippen MR) is 79.0 cm³/mol. The molecule has 98 valence electrons. The molecule has 1 heterocycles. The van der Waals surface area contributed by atoms with E-state index >= 15 is 0 Å². The third kappa shape index (κ3) is 3.89. The first-order valence-corrected chi connectivity index (χ1v) is 6.86. The molecule has 0 aliphatic carbocycles. The molecule has 3 nitrogen and oxygen atoms in total. The largest absolute Gasteiger partial charge is 0.341 e. The van der Waals surface area contributed by atoms with E-state index in [9.17, 15) is 4.79 Å². The van der Waals surface area contributed by atoms with Gasteiger partial charge in [-0.05, 0) is 48.4 Å². The van der Waals surface area contributed by atoms with Crippen LogP contribution >= 0.6 is 15.9 Å². The van der Waals surface area contributed by atoms with Gasteiger partial charge in [0.1, 0.15) is 0 Å². The molecule has 1 amide bonds. The second kappa shape index (κ2) is 6.48. The average molecular weight is 319 g/mol. The van der Waals surface area contributed by atoms with Crippen LogP contribution in [0.2, 0.25) is 0 Å². The van der Waals surface area contributed by atoms with E-state index in [1.807, 2.05) is 43.4 Å². The van der Waals surface area contributed by atoms with Crippen LogP contribution in [0.3, 0.4) is 0 Å². The lowest BCUT2D eigenvalue weighted by Crippen LogP contribution is -2.28. The number of rotatable bonds is 4. The Labute approximate surface area is 121 Å². The van der Waals surface area contributed by atoms with Gasteiger partial charge in [0.05, 0.1) is 0 Å². The molecule has 1 aromatic heterocycles. The Balaban J connectivity index is 1.94. The van der Waals surface area contributed by atoms with Gasteiger partial charge in [0.2, 0.25) is 0 Å². The van der Waals surface area contributed by atoms with Gasteiger partial charge in [0.25, 0.3) is 5.91 Å². The van der Waals surface area contributed by atoms with Crippen molar-refractivity contribution in [2.45, 2.75) is 6.42 Å². The maximum atomic E-state index is 12.2. The number of carbonyl (C=O) groups is 1. The summed E-state index contributed by atoms with van der Waals surface area (Å²) in [6.07, 6.45) is 4.37. The highest BCUT2D eigenvalue weighted by molar-refractivity contribution is 9.10. The van der Waals surface area contributed by atoms with Crippen LogP contribution < -0.4 is 0 Å². The zero-order chi connectivity index (χ0) is 13.7. The average Bonchev–Trinajstić information content (AvgIpc) is 2.46. The number of aromatic nitrogens is 1. The number of hydrogen-bond acceptors (Lipinski definition) is 2. The van der Waals surface area contributed by atoms with E-state index in [2.05, 4.69) is 20.9 Å². The number of hydrogen-bond donors (Lipinski definition) is 0. The van der Waals surface area contributed by atoms with Gasteiger partial charge in [0, 0.05) is 36.0 Å². The minimum atomic E-state index is 0.0431. The second-order valence-corrected chi connectivity index (χ2v) is 5.25. The van der Waals surface area contributed by atoms with Gasteiger partial charge in [-0.1, -0.05) is 15.9 Å². The molecule has 1 aromatic carbocycles. The van der Waals surface area contributed by atoms with E-state index in [4.69, 9.17) is 0 Å². The number of benzene rings is 1. The smallest absolute Gasteiger partial charge is 0.253 e. The van der Waals surface area contributed by atoms with Gasteiger partial charge in [-0.15, -0.1) is 0 Å². The fourth-order valence-corrected chi connectivity index (χ4v) is 2.02. The number of carbonyl (C=O) groups excluding carboxylic acids is 1. The maximum Gasteiger partial charge on any atom is 0.253 e. The highest BCUT2D eigenvalue weighted by Crippen LogP contribution is 2.12. The molecule has 4 heteroatoms. The summed E-state index contributed by atoms with van der Waals surface area (Å²) in [4.78, 5) is 17.9. The van der Waals surface area contributed by atoms with Crippen LogP contribution in [-0.4, -0.2) is 29.4 Å². The van der Waals surface area contributed by atoms with E-state index in [0.29, 0.717) is 12.1 Å². The van der Waals surface area contributed by atoms with Crippen molar-refractivity contribution in [1.82, 2.24) is 9.88 Å². The van der Waals surface area contributed by atoms with E-state index in [1.165, 1.54) is 5.56 Å². The standard InChI is InChI=1S/C15H15BrN2O/c1-18(11-8-12-6-9-17-10-7-12)15(19)13-2-4-14(16)5-3-13/h2-7,9-10H,8,11H2,1H3. The van der Waals surface area contributed by atoms with Crippen LogP contribution in [0.4, 0.5) is 0 Å². The van der Waals surface area contributed by atoms with Crippen molar-refractivity contribution in [3.8, 4) is 0 Å². The number of amides is 1. The van der Waals surface area contributed by atoms with E-state index in [-0.39, 0.29) is 5.91 Å². The predicted octanol–water partition coefficient (Wildman–Crippen LogP) is 3.16. The van der Waals surface area contributed by atoms with Crippen molar-refractivity contribution in [1.29, 1.82) is 0 Å². The molecule has 0 saturated carbocycles. The molecular formula is C15H15BrN2O. The van der Waals surface area contributed by atoms with Crippen molar-refractivity contribution >= 4 is 21.8 Å². The number of nitrogens with zero attached hydrogens (tertiary/aromatic N) is 2. The highest BCUT2D eigenvalue weighted by atomic mass is 79.9. The van der Waals surface area contributed by atoms with Gasteiger partial charge in [-0.2, -0.15) is 0 Å². The Morgan fingerprint density at radius 3 is 2.42 bits per heavy atom. The molecule has 0 atom stereocenters. The van der Waals surface area contributed by atoms with Crippen molar-refractivity contribution in [3.63, 3.8) is 0 Å². The first-order valence-electron chi connectivity index (χ1n) is 6.07. The van der Waals surface area contributed by atoms with Crippen molar-refractivity contribution in [2.75, 3.05) is 13.6 Å². The quantitative estimate of drug-likeness (QED) is 0.867. The second-order valence-electron chi connectivity index (χ2n) is 4.34. The molecule has 0 fully saturated rings. The van der Waals surface area contributed by atoms with E-state index in [1.54, 1.807) is 17.3 Å². The zero-order valence-electron chi connectivity index (χ0n) is 10.7. The minimum Gasteiger partial charge on any atom is -0.341 e. The Bertz CT molecular complexity index is 540. The van der Waals surface area contributed by atoms with Crippen molar-refractivity contribution in [2.24, 2.45) is 0 Å². The molecule has 0 N–H and O–H groups in total. The summed E-state index contributed by atoms with van der Waals surface area (Å²) in [7, 11) is 1.82. The fraction of sp³-hybridized carbons (Fsp3) is 0.200. The van der Waals surface area contributed by atoms with Crippen LogP contribution in [-0.2, 0) is 6.42 Å². The summed E-state index contributed by atoms with van der Waals surface area (Å²) >= 11 is 3.36. The number of likely N-dealkylation sites (N-methyl/N-ethyl adjacent to an activating group) is 1. The summed E-state index contributed by atoms with van der Waals surface area (Å²) in [5, 5.41) is 0. The number of pyridine rings is 1. The van der Waals surface area contributed by atoms with Crippen LogP contribution in [0.1, 0.15) is 15.9 Å². The molecule has 0 saturated heterocycles. The van der Waals surface area contributed by atoms with Gasteiger partial charge in [-0.3, -0.25) is 9.78 Å². The highest BCUT2D eigenvalue weighted by Gasteiger charge is 2.11. The molecule has 0 bridgehead atoms. The van der Waals surface area contributed by atoms with Crippen LogP contribution in [0.15, 0.2) is 53.3 Å². The summed E-state index contributed by atoms with van der Waals surface area (Å²) in [5.74, 6) is 0.0431. The van der Waals surface area contributed by atoms with Gasteiger partial charge in [0.15, 0.2) is 0 Å². The zero-order valence-corrected chi connectivity index (χ0v) is 12.3. The molecule has 0 unspecified atom stereocenters. The topological polar surface area (TPSA) is 33.2 Å². The van der Waals surface area contributed by atoms with Gasteiger partial charge in [-0.25, -0.2) is 0 Å². The third-order valence-electron chi connectivity index (χ3n) is 2.92. The molecule has 2 aromatic rings. The molecular weight excluding hydrogens is 304 g/mol. The maximum absolute atomic E-state index is 12.2. The molecule has 0 aliphatic heterocycles. The summed E-state index contributed by atoms with van der Waals surface area (Å²) in [5.41, 5.74) is 1.89. The first kappa shape index (κ1) is 13.7. The van der Waals surface area contributed by atoms with Crippen LogP contribution in [0.25, 0.3) is 0 Å². The summed E-state index contributed by atoms with van der Waals surface area (Å²) in [6, 6.07) is 11.4. The first-order chi connectivity index (χ1) is 9.16. The molecule has 0 radical (unpaired) electrons. The normalized spacial score (nSPS) is 10.2. The third-order valence-corrected chi connectivity index (χ3v) is 3.45. The Morgan fingerprint density at radius 2 is 1.79 bits per heavy atom. The Hall–Kier alpha value is -1.68. The Morgan fingerprint density at radius 1 is 1.16 bits per heavy atom. The van der Waals surface area contributed by atoms with Crippen LogP contribution in [0, 0.1) is 0 Å². The van der Waals surface area contributed by atoms with Crippen LogP contribution in [0.5, 0.6) is 0 Å². The summed E-state index contributed by atoms with van der Waals surface area (Å²) < 4.78 is 0.975. The molecule has 0 aliphatic rings. The van der Waals surface area contributed by atoms with Gasteiger partial charge < -0.3 is 4.90 Å². The molecule has 2 rings (SSSR count). The van der Waals surface area contributed by atoms with Crippen molar-refractivity contribution < 1.29 is 4.79 Å². The van der Waals surface area contributed by atoms with E-state index in [0.717, 1.165) is 10.9 Å². The summed E-state index contributed by atoms with van der Waals surface area (Å²) in [6.45, 7) is 0.693. The lowest BCUT2D eigenvalue weighted by molar-refractivity contribution is 0.0796. The van der Waals surface area contributed by atoms with Crippen molar-refractivity contribution in [3.05, 3.63) is 64.4 Å². The van der Waals surface area contributed by atoms with E-state index < -0.39 is 0 Å². The molecule has 19 heavy (non-hydrogen) atoms. The lowest BCUT2D eigenvalue weighted by Gasteiger charge is -2.17. The fourth-order valence-electron chi connectivity index (χ4n) is 1.76. The molecule has 0 spiro atoms. The Kier molecular flexibility index (Phi) is 4.68. The monoisotopic (exact) mass is 318 g/mol. The number of halogens is 1. The minimum absolute atomic E-state index is 0.0431.